The number of nitrogens with zero attached hydrogens (tertiary/aromatic N) is 1. The van der Waals surface area contributed by atoms with Crippen LogP contribution in [0.2, 0.25) is 0 Å². The van der Waals surface area contributed by atoms with E-state index in [9.17, 15) is 9.59 Å². The molecular formula is C22H18N2O4. The Bertz CT molecular complexity index is 1220. The number of ether oxygens (including phenoxy) is 1. The van der Waals surface area contributed by atoms with Crippen molar-refractivity contribution in [3.63, 3.8) is 0 Å². The van der Waals surface area contributed by atoms with Crippen LogP contribution in [0.3, 0.4) is 0 Å². The van der Waals surface area contributed by atoms with Gasteiger partial charge in [0.2, 0.25) is 0 Å². The van der Waals surface area contributed by atoms with Gasteiger partial charge in [-0.1, -0.05) is 36.4 Å². The van der Waals surface area contributed by atoms with E-state index in [4.69, 9.17) is 9.15 Å². The van der Waals surface area contributed by atoms with E-state index in [2.05, 4.69) is 5.32 Å². The lowest BCUT2D eigenvalue weighted by molar-refractivity contribution is 0.102. The van der Waals surface area contributed by atoms with Crippen LogP contribution >= 0.6 is 0 Å². The summed E-state index contributed by atoms with van der Waals surface area (Å²) in [5.41, 5.74) is 3.97. The van der Waals surface area contributed by atoms with Gasteiger partial charge in [0, 0.05) is 12.7 Å². The molecule has 0 saturated heterocycles. The van der Waals surface area contributed by atoms with Crippen LogP contribution in [-0.2, 0) is 7.05 Å². The molecule has 0 bridgehead atoms. The topological polar surface area (TPSA) is 73.5 Å². The summed E-state index contributed by atoms with van der Waals surface area (Å²) in [6.45, 7) is 0. The summed E-state index contributed by atoms with van der Waals surface area (Å²) < 4.78 is 11.9. The molecule has 140 valence electrons. The van der Waals surface area contributed by atoms with E-state index in [0.717, 1.165) is 11.1 Å². The Morgan fingerprint density at radius 1 is 1.00 bits per heavy atom. The summed E-state index contributed by atoms with van der Waals surface area (Å²) in [5, 5.41) is 2.86. The summed E-state index contributed by atoms with van der Waals surface area (Å²) in [4.78, 5) is 24.6. The first kappa shape index (κ1) is 17.6. The minimum atomic E-state index is -0.448. The molecule has 1 heterocycles. The molecule has 1 amide bonds. The molecule has 4 rings (SSSR count). The average molecular weight is 374 g/mol. The van der Waals surface area contributed by atoms with Gasteiger partial charge in [-0.15, -0.1) is 0 Å². The van der Waals surface area contributed by atoms with Gasteiger partial charge < -0.3 is 14.5 Å². The molecular weight excluding hydrogens is 356 g/mol. The van der Waals surface area contributed by atoms with Gasteiger partial charge in [-0.25, -0.2) is 4.79 Å². The fraction of sp³-hybridized carbons (Fsp3) is 0.0909. The number of methoxy groups -OCH3 is 1. The van der Waals surface area contributed by atoms with Crippen LogP contribution in [0.25, 0.3) is 22.2 Å². The van der Waals surface area contributed by atoms with Gasteiger partial charge in [-0.05, 0) is 41.5 Å². The van der Waals surface area contributed by atoms with E-state index in [1.807, 2.05) is 36.4 Å². The molecule has 3 aromatic carbocycles. The lowest BCUT2D eigenvalue weighted by Crippen LogP contribution is -2.13. The summed E-state index contributed by atoms with van der Waals surface area (Å²) in [6, 6.07) is 20.3. The van der Waals surface area contributed by atoms with Crippen LogP contribution in [0.4, 0.5) is 5.69 Å². The van der Waals surface area contributed by atoms with Crippen molar-refractivity contribution < 1.29 is 13.9 Å². The molecule has 0 aliphatic rings. The monoisotopic (exact) mass is 374 g/mol. The molecule has 6 nitrogen and oxygen atoms in total. The molecule has 0 aliphatic heterocycles. The molecule has 0 fully saturated rings. The first-order valence-corrected chi connectivity index (χ1v) is 8.71. The molecule has 0 saturated carbocycles. The Morgan fingerprint density at radius 3 is 2.54 bits per heavy atom. The fourth-order valence-electron chi connectivity index (χ4n) is 3.10. The normalized spacial score (nSPS) is 10.8. The average Bonchev–Trinajstić information content (AvgIpc) is 3.01. The first-order chi connectivity index (χ1) is 13.6. The third-order valence-electron chi connectivity index (χ3n) is 4.60. The Balaban J connectivity index is 1.69. The van der Waals surface area contributed by atoms with E-state index >= 15 is 0 Å². The lowest BCUT2D eigenvalue weighted by atomic mass is 10.0. The number of carbonyl (C=O) groups excluding carboxylic acids is 1. The number of nitrogens with one attached hydrogen (secondary N) is 1. The number of amides is 1. The highest BCUT2D eigenvalue weighted by Crippen LogP contribution is 2.28. The van der Waals surface area contributed by atoms with Crippen molar-refractivity contribution in [2.45, 2.75) is 0 Å². The molecule has 28 heavy (non-hydrogen) atoms. The van der Waals surface area contributed by atoms with Crippen LogP contribution in [-0.4, -0.2) is 17.6 Å². The van der Waals surface area contributed by atoms with Crippen molar-refractivity contribution in [3.05, 3.63) is 82.8 Å². The van der Waals surface area contributed by atoms with Crippen LogP contribution in [0, 0.1) is 0 Å². The second kappa shape index (κ2) is 7.08. The zero-order valence-corrected chi connectivity index (χ0v) is 15.4. The van der Waals surface area contributed by atoms with Gasteiger partial charge in [0.05, 0.1) is 18.2 Å². The summed E-state index contributed by atoms with van der Waals surface area (Å²) in [7, 11) is 3.15. The number of carbonyl (C=O) groups is 1. The first-order valence-electron chi connectivity index (χ1n) is 8.71. The maximum Gasteiger partial charge on any atom is 0.419 e. The Labute approximate surface area is 161 Å². The number of rotatable bonds is 4. The van der Waals surface area contributed by atoms with Crippen molar-refractivity contribution in [2.75, 3.05) is 12.4 Å². The minimum absolute atomic E-state index is 0.303. The van der Waals surface area contributed by atoms with Crippen LogP contribution in [0.15, 0.2) is 75.9 Å². The molecule has 4 aromatic rings. The predicted molar refractivity (Wildman–Crippen MR) is 108 cm³/mol. The second-order valence-corrected chi connectivity index (χ2v) is 6.34. The molecule has 0 spiro atoms. The highest BCUT2D eigenvalue weighted by molar-refractivity contribution is 6.07. The maximum atomic E-state index is 12.9. The van der Waals surface area contributed by atoms with Gasteiger partial charge in [-0.2, -0.15) is 0 Å². The van der Waals surface area contributed by atoms with Gasteiger partial charge >= 0.3 is 5.76 Å². The number of anilines is 1. The molecule has 0 atom stereocenters. The molecule has 0 aliphatic carbocycles. The predicted octanol–water partition coefficient (Wildman–Crippen LogP) is 4.06. The molecule has 1 N–H and O–H groups in total. The van der Waals surface area contributed by atoms with E-state index in [1.165, 1.54) is 11.7 Å². The smallest absolute Gasteiger partial charge is 0.419 e. The summed E-state index contributed by atoms with van der Waals surface area (Å²) >= 11 is 0. The Kier molecular flexibility index (Phi) is 4.45. The van der Waals surface area contributed by atoms with Crippen molar-refractivity contribution >= 4 is 22.7 Å². The molecule has 0 unspecified atom stereocenters. The third-order valence-corrected chi connectivity index (χ3v) is 4.60. The number of oxazole rings is 1. The molecule has 1 aromatic heterocycles. The van der Waals surface area contributed by atoms with Crippen LogP contribution in [0.1, 0.15) is 10.4 Å². The van der Waals surface area contributed by atoms with E-state index < -0.39 is 5.76 Å². The minimum Gasteiger partial charge on any atom is -0.496 e. The molecule has 6 heteroatoms. The quantitative estimate of drug-likeness (QED) is 0.585. The number of aryl methyl sites for hydroxylation is 1. The number of benzene rings is 3. The number of fused-ring (bicyclic) bond motifs is 1. The number of hydrogen-bond donors (Lipinski definition) is 1. The Morgan fingerprint density at radius 2 is 1.79 bits per heavy atom. The van der Waals surface area contributed by atoms with E-state index in [-0.39, 0.29) is 5.91 Å². The van der Waals surface area contributed by atoms with Gasteiger partial charge in [-0.3, -0.25) is 9.36 Å². The van der Waals surface area contributed by atoms with Gasteiger partial charge in [0.15, 0.2) is 5.58 Å². The zero-order chi connectivity index (χ0) is 19.7. The lowest BCUT2D eigenvalue weighted by Gasteiger charge is -2.12. The van der Waals surface area contributed by atoms with E-state index in [1.54, 1.807) is 37.4 Å². The standard InChI is InChI=1S/C22H18N2O4/c1-24-18-13-16(9-11-20(18)28-22(24)26)23-21(25)17-12-15(8-10-19(17)27-2)14-6-4-3-5-7-14/h3-13H,1-2H3,(H,23,25). The molecule has 0 radical (unpaired) electrons. The van der Waals surface area contributed by atoms with Crippen LogP contribution < -0.4 is 15.8 Å². The van der Waals surface area contributed by atoms with Crippen molar-refractivity contribution in [1.82, 2.24) is 4.57 Å². The summed E-state index contributed by atoms with van der Waals surface area (Å²) in [6.07, 6.45) is 0. The Hall–Kier alpha value is -3.80. The van der Waals surface area contributed by atoms with Crippen molar-refractivity contribution in [3.8, 4) is 16.9 Å². The number of aromatic nitrogens is 1. The second-order valence-electron chi connectivity index (χ2n) is 6.34. The highest BCUT2D eigenvalue weighted by atomic mass is 16.5. The zero-order valence-electron chi connectivity index (χ0n) is 15.4. The van der Waals surface area contributed by atoms with Crippen molar-refractivity contribution in [2.24, 2.45) is 7.05 Å². The maximum absolute atomic E-state index is 12.9. The van der Waals surface area contributed by atoms with Crippen LogP contribution in [0.5, 0.6) is 5.75 Å². The highest BCUT2D eigenvalue weighted by Gasteiger charge is 2.15. The van der Waals surface area contributed by atoms with Gasteiger partial charge in [0.25, 0.3) is 5.91 Å². The number of hydrogen-bond acceptors (Lipinski definition) is 4. The van der Waals surface area contributed by atoms with Crippen molar-refractivity contribution in [1.29, 1.82) is 0 Å². The third kappa shape index (κ3) is 3.16. The fourth-order valence-corrected chi connectivity index (χ4v) is 3.10. The largest absolute Gasteiger partial charge is 0.496 e. The van der Waals surface area contributed by atoms with Gasteiger partial charge in [0.1, 0.15) is 5.75 Å². The van der Waals surface area contributed by atoms with E-state index in [0.29, 0.717) is 28.1 Å². The summed E-state index contributed by atoms with van der Waals surface area (Å²) in [5.74, 6) is -0.271. The SMILES string of the molecule is COc1ccc(-c2ccccc2)cc1C(=O)Nc1ccc2oc(=O)n(C)c2c1.